The fourth-order valence-electron chi connectivity index (χ4n) is 2.90. The number of aryl methyl sites for hydroxylation is 1. The maximum Gasteiger partial charge on any atom is 0.231 e. The van der Waals surface area contributed by atoms with Gasteiger partial charge in [-0.3, -0.25) is 9.78 Å². The lowest BCUT2D eigenvalue weighted by Gasteiger charge is -2.15. The van der Waals surface area contributed by atoms with Crippen LogP contribution >= 0.6 is 15.9 Å². The topological polar surface area (TPSA) is 51.2 Å². The Balaban J connectivity index is 1.82. The van der Waals surface area contributed by atoms with Crippen molar-refractivity contribution in [2.45, 2.75) is 19.8 Å². The first kappa shape index (κ1) is 19.1. The summed E-state index contributed by atoms with van der Waals surface area (Å²) in [6, 6.07) is 17.4. The van der Waals surface area contributed by atoms with E-state index in [1.54, 1.807) is 13.3 Å². The molecular weight excluding hydrogens is 404 g/mol. The number of benzene rings is 2. The maximum absolute atomic E-state index is 12.6. The summed E-state index contributed by atoms with van der Waals surface area (Å²) < 4.78 is 6.50. The van der Waals surface area contributed by atoms with Crippen molar-refractivity contribution in [3.63, 3.8) is 0 Å². The molecule has 138 valence electrons. The third-order valence-electron chi connectivity index (χ3n) is 4.42. The summed E-state index contributed by atoms with van der Waals surface area (Å²) in [7, 11) is 1.63. The molecule has 1 aromatic heterocycles. The second-order valence-electron chi connectivity index (χ2n) is 6.37. The van der Waals surface area contributed by atoms with E-state index in [2.05, 4.69) is 26.2 Å². The van der Waals surface area contributed by atoms with Gasteiger partial charge in [0.2, 0.25) is 5.91 Å². The zero-order valence-corrected chi connectivity index (χ0v) is 17.1. The maximum atomic E-state index is 12.6. The molecule has 0 saturated heterocycles. The molecule has 1 atom stereocenters. The molecule has 0 aliphatic carbocycles. The van der Waals surface area contributed by atoms with E-state index >= 15 is 0 Å². The summed E-state index contributed by atoms with van der Waals surface area (Å²) in [5.74, 6) is 0.368. The highest BCUT2D eigenvalue weighted by molar-refractivity contribution is 9.10. The highest BCUT2D eigenvalue weighted by atomic mass is 79.9. The van der Waals surface area contributed by atoms with E-state index in [4.69, 9.17) is 4.74 Å². The number of amides is 1. The van der Waals surface area contributed by atoms with Gasteiger partial charge in [-0.15, -0.1) is 0 Å². The van der Waals surface area contributed by atoms with Crippen LogP contribution in [0.15, 0.2) is 65.3 Å². The first-order valence-corrected chi connectivity index (χ1v) is 9.44. The summed E-state index contributed by atoms with van der Waals surface area (Å²) in [5, 5.41) is 2.98. The molecule has 27 heavy (non-hydrogen) atoms. The Bertz CT molecular complexity index is 972. The highest BCUT2D eigenvalue weighted by Gasteiger charge is 2.16. The van der Waals surface area contributed by atoms with Gasteiger partial charge in [-0.05, 0) is 61.4 Å². The normalized spacial score (nSPS) is 11.7. The SMILES string of the molecule is COc1cc(NC(=O)[C@H](C)c2cccc(Br)c2)ccc1-c1ccnc(C)c1. The van der Waals surface area contributed by atoms with Crippen molar-refractivity contribution in [3.8, 4) is 16.9 Å². The average molecular weight is 425 g/mol. The summed E-state index contributed by atoms with van der Waals surface area (Å²) in [4.78, 5) is 16.9. The van der Waals surface area contributed by atoms with E-state index in [0.29, 0.717) is 11.4 Å². The number of hydrogen-bond acceptors (Lipinski definition) is 3. The van der Waals surface area contributed by atoms with Gasteiger partial charge in [-0.2, -0.15) is 0 Å². The van der Waals surface area contributed by atoms with Crippen LogP contribution in [0.4, 0.5) is 5.69 Å². The van der Waals surface area contributed by atoms with Gasteiger partial charge in [0, 0.05) is 33.7 Å². The van der Waals surface area contributed by atoms with Gasteiger partial charge in [-0.25, -0.2) is 0 Å². The third kappa shape index (κ3) is 4.55. The molecule has 5 heteroatoms. The van der Waals surface area contributed by atoms with Gasteiger partial charge in [0.1, 0.15) is 5.75 Å². The lowest BCUT2D eigenvalue weighted by molar-refractivity contribution is -0.117. The molecule has 0 radical (unpaired) electrons. The van der Waals surface area contributed by atoms with Crippen LogP contribution in [-0.4, -0.2) is 18.0 Å². The molecule has 0 spiro atoms. The van der Waals surface area contributed by atoms with E-state index in [9.17, 15) is 4.79 Å². The molecule has 2 aromatic carbocycles. The molecule has 4 nitrogen and oxygen atoms in total. The van der Waals surface area contributed by atoms with E-state index in [1.165, 1.54) is 0 Å². The molecule has 0 bridgehead atoms. The predicted octanol–water partition coefficient (Wildman–Crippen LogP) is 5.57. The predicted molar refractivity (Wildman–Crippen MR) is 112 cm³/mol. The van der Waals surface area contributed by atoms with E-state index in [1.807, 2.05) is 68.4 Å². The monoisotopic (exact) mass is 424 g/mol. The van der Waals surface area contributed by atoms with Crippen molar-refractivity contribution < 1.29 is 9.53 Å². The van der Waals surface area contributed by atoms with Crippen LogP contribution in [0.5, 0.6) is 5.75 Å². The van der Waals surface area contributed by atoms with Crippen LogP contribution in [0.2, 0.25) is 0 Å². The average Bonchev–Trinajstić information content (AvgIpc) is 2.67. The molecule has 0 fully saturated rings. The zero-order chi connectivity index (χ0) is 19.4. The number of rotatable bonds is 5. The summed E-state index contributed by atoms with van der Waals surface area (Å²) >= 11 is 3.45. The molecule has 0 aliphatic heterocycles. The number of carbonyl (C=O) groups is 1. The van der Waals surface area contributed by atoms with Crippen LogP contribution in [0.25, 0.3) is 11.1 Å². The molecule has 3 aromatic rings. The van der Waals surface area contributed by atoms with Crippen molar-refractivity contribution in [2.24, 2.45) is 0 Å². The molecule has 0 unspecified atom stereocenters. The van der Waals surface area contributed by atoms with Crippen molar-refractivity contribution in [1.29, 1.82) is 0 Å². The van der Waals surface area contributed by atoms with E-state index in [0.717, 1.165) is 26.9 Å². The lowest BCUT2D eigenvalue weighted by Crippen LogP contribution is -2.18. The molecule has 1 N–H and O–H groups in total. The summed E-state index contributed by atoms with van der Waals surface area (Å²) in [6.07, 6.45) is 1.78. The van der Waals surface area contributed by atoms with Gasteiger partial charge in [0.15, 0.2) is 0 Å². The number of halogens is 1. The Morgan fingerprint density at radius 3 is 2.67 bits per heavy atom. The lowest BCUT2D eigenvalue weighted by atomic mass is 10.00. The van der Waals surface area contributed by atoms with Crippen molar-refractivity contribution in [1.82, 2.24) is 4.98 Å². The molecule has 0 aliphatic rings. The number of anilines is 1. The van der Waals surface area contributed by atoms with E-state index < -0.39 is 0 Å². The van der Waals surface area contributed by atoms with Crippen LogP contribution < -0.4 is 10.1 Å². The van der Waals surface area contributed by atoms with Crippen LogP contribution in [0, 0.1) is 6.92 Å². The fourth-order valence-corrected chi connectivity index (χ4v) is 3.32. The Hall–Kier alpha value is -2.66. The van der Waals surface area contributed by atoms with Gasteiger partial charge in [0.05, 0.1) is 13.0 Å². The highest BCUT2D eigenvalue weighted by Crippen LogP contribution is 2.33. The summed E-state index contributed by atoms with van der Waals surface area (Å²) in [6.45, 7) is 3.84. The molecule has 1 amide bonds. The molecule has 3 rings (SSSR count). The smallest absolute Gasteiger partial charge is 0.231 e. The van der Waals surface area contributed by atoms with Gasteiger partial charge < -0.3 is 10.1 Å². The minimum atomic E-state index is -0.268. The Morgan fingerprint density at radius 1 is 1.15 bits per heavy atom. The zero-order valence-electron chi connectivity index (χ0n) is 15.5. The largest absolute Gasteiger partial charge is 0.496 e. The number of pyridine rings is 1. The first-order chi connectivity index (χ1) is 13.0. The van der Waals surface area contributed by atoms with Crippen LogP contribution in [-0.2, 0) is 4.79 Å². The molecule has 0 saturated carbocycles. The first-order valence-electron chi connectivity index (χ1n) is 8.65. The number of hydrogen-bond donors (Lipinski definition) is 1. The fraction of sp³-hybridized carbons (Fsp3) is 0.182. The number of methoxy groups -OCH3 is 1. The minimum absolute atomic E-state index is 0.0670. The standard InChI is InChI=1S/C22H21BrN2O2/c1-14-11-17(9-10-24-14)20-8-7-19(13-21(20)27-3)25-22(26)15(2)16-5-4-6-18(23)12-16/h4-13,15H,1-3H3,(H,25,26)/t15-/m1/s1. The molecular formula is C22H21BrN2O2. The summed E-state index contributed by atoms with van der Waals surface area (Å²) in [5.41, 5.74) is 4.58. The second kappa shape index (κ2) is 8.35. The number of carbonyl (C=O) groups excluding carboxylic acids is 1. The van der Waals surface area contributed by atoms with Gasteiger partial charge in [0.25, 0.3) is 0 Å². The number of aromatic nitrogens is 1. The molecule has 1 heterocycles. The van der Waals surface area contributed by atoms with Crippen LogP contribution in [0.3, 0.4) is 0 Å². The van der Waals surface area contributed by atoms with Crippen molar-refractivity contribution in [3.05, 3.63) is 76.5 Å². The van der Waals surface area contributed by atoms with Gasteiger partial charge in [-0.1, -0.05) is 28.1 Å². The van der Waals surface area contributed by atoms with Crippen LogP contribution in [0.1, 0.15) is 24.1 Å². The van der Waals surface area contributed by atoms with Crippen molar-refractivity contribution in [2.75, 3.05) is 12.4 Å². The third-order valence-corrected chi connectivity index (χ3v) is 4.91. The number of ether oxygens (including phenoxy) is 1. The number of nitrogens with zero attached hydrogens (tertiary/aromatic N) is 1. The quantitative estimate of drug-likeness (QED) is 0.582. The Labute approximate surface area is 167 Å². The Morgan fingerprint density at radius 2 is 1.96 bits per heavy atom. The second-order valence-corrected chi connectivity index (χ2v) is 7.28. The van der Waals surface area contributed by atoms with E-state index in [-0.39, 0.29) is 11.8 Å². The Kier molecular flexibility index (Phi) is 5.91. The minimum Gasteiger partial charge on any atom is -0.496 e. The number of nitrogens with one attached hydrogen (secondary N) is 1. The van der Waals surface area contributed by atoms with Gasteiger partial charge >= 0.3 is 0 Å². The van der Waals surface area contributed by atoms with Crippen molar-refractivity contribution >= 4 is 27.5 Å².